The van der Waals surface area contributed by atoms with E-state index < -0.39 is 23.6 Å². The lowest BCUT2D eigenvalue weighted by atomic mass is 10.2. The number of hydrazone groups is 1. The van der Waals surface area contributed by atoms with Crippen molar-refractivity contribution in [3.63, 3.8) is 0 Å². The summed E-state index contributed by atoms with van der Waals surface area (Å²) in [7, 11) is 0. The minimum Gasteiger partial charge on any atom is -0.461 e. The number of rotatable bonds is 3. The molecule has 86 valence electrons. The van der Waals surface area contributed by atoms with Gasteiger partial charge in [0.05, 0.1) is 12.2 Å². The zero-order chi connectivity index (χ0) is 12.1. The lowest BCUT2D eigenvalue weighted by Gasteiger charge is -2.05. The molecule has 2 N–H and O–H groups in total. The normalized spacial score (nSPS) is 11.3. The SMILES string of the molecule is CCOC(=O)/C(=N\N)c1ccc(F)nc1F. The van der Waals surface area contributed by atoms with Crippen molar-refractivity contribution in [2.24, 2.45) is 10.9 Å². The first-order valence-electron chi connectivity index (χ1n) is 4.37. The molecule has 0 unspecified atom stereocenters. The molecule has 0 atom stereocenters. The highest BCUT2D eigenvalue weighted by Gasteiger charge is 2.20. The Morgan fingerprint density at radius 3 is 2.75 bits per heavy atom. The molecule has 0 amide bonds. The molecule has 0 aromatic carbocycles. The minimum absolute atomic E-state index is 0.0914. The van der Waals surface area contributed by atoms with Gasteiger partial charge >= 0.3 is 5.97 Å². The summed E-state index contributed by atoms with van der Waals surface area (Å²) < 4.78 is 30.3. The van der Waals surface area contributed by atoms with Gasteiger partial charge in [0.15, 0.2) is 5.71 Å². The summed E-state index contributed by atoms with van der Waals surface area (Å²) in [5.41, 5.74) is -0.741. The van der Waals surface area contributed by atoms with Crippen LogP contribution >= 0.6 is 0 Å². The number of hydrogen-bond acceptors (Lipinski definition) is 5. The van der Waals surface area contributed by atoms with Crippen molar-refractivity contribution in [1.82, 2.24) is 4.98 Å². The summed E-state index contributed by atoms with van der Waals surface area (Å²) in [6, 6.07) is 1.91. The van der Waals surface area contributed by atoms with Crippen LogP contribution in [-0.2, 0) is 9.53 Å². The number of pyridine rings is 1. The molecule has 1 heterocycles. The maximum atomic E-state index is 13.2. The molecule has 1 aromatic rings. The molecular weight excluding hydrogens is 220 g/mol. The van der Waals surface area contributed by atoms with Gasteiger partial charge in [0, 0.05) is 0 Å². The second kappa shape index (κ2) is 5.15. The van der Waals surface area contributed by atoms with Gasteiger partial charge in [-0.05, 0) is 19.1 Å². The summed E-state index contributed by atoms with van der Waals surface area (Å²) in [5.74, 6) is 1.88. The van der Waals surface area contributed by atoms with Gasteiger partial charge < -0.3 is 10.6 Å². The first-order valence-corrected chi connectivity index (χ1v) is 4.37. The number of nitrogens with two attached hydrogens (primary N) is 1. The molecule has 16 heavy (non-hydrogen) atoms. The number of nitrogens with zero attached hydrogens (tertiary/aromatic N) is 2. The van der Waals surface area contributed by atoms with E-state index in [2.05, 4.69) is 14.8 Å². The first kappa shape index (κ1) is 12.0. The Hall–Kier alpha value is -2.05. The van der Waals surface area contributed by atoms with Crippen molar-refractivity contribution in [2.45, 2.75) is 6.92 Å². The molecule has 5 nitrogen and oxygen atoms in total. The Balaban J connectivity index is 3.10. The van der Waals surface area contributed by atoms with Crippen LogP contribution in [0.2, 0.25) is 0 Å². The van der Waals surface area contributed by atoms with E-state index >= 15 is 0 Å². The van der Waals surface area contributed by atoms with Crippen molar-refractivity contribution in [2.75, 3.05) is 6.61 Å². The van der Waals surface area contributed by atoms with E-state index in [0.29, 0.717) is 0 Å². The molecule has 0 fully saturated rings. The van der Waals surface area contributed by atoms with Gasteiger partial charge in [0.2, 0.25) is 11.9 Å². The van der Waals surface area contributed by atoms with Gasteiger partial charge in [-0.1, -0.05) is 0 Å². The first-order chi connectivity index (χ1) is 7.60. The maximum Gasteiger partial charge on any atom is 0.359 e. The molecule has 0 spiro atoms. The van der Waals surface area contributed by atoms with Crippen LogP contribution in [0.1, 0.15) is 12.5 Å². The summed E-state index contributed by atoms with van der Waals surface area (Å²) >= 11 is 0. The third-order valence-electron chi connectivity index (χ3n) is 1.67. The number of carbonyl (C=O) groups excluding carboxylic acids is 1. The van der Waals surface area contributed by atoms with Crippen molar-refractivity contribution in [3.05, 3.63) is 29.6 Å². The standard InChI is InChI=1S/C9H9F2N3O2/c1-2-16-9(15)7(14-12)5-3-4-6(10)13-8(5)11/h3-4H,2,12H2,1H3/b14-7-. The molecule has 0 saturated carbocycles. The van der Waals surface area contributed by atoms with Crippen LogP contribution in [0.3, 0.4) is 0 Å². The molecule has 0 aliphatic rings. The molecule has 0 radical (unpaired) electrons. The van der Waals surface area contributed by atoms with E-state index in [0.717, 1.165) is 12.1 Å². The summed E-state index contributed by atoms with van der Waals surface area (Å²) in [5, 5.41) is 3.11. The molecule has 0 saturated heterocycles. The molecular formula is C9H9F2N3O2. The van der Waals surface area contributed by atoms with E-state index in [1.165, 1.54) is 0 Å². The number of esters is 1. The Morgan fingerprint density at radius 1 is 1.56 bits per heavy atom. The van der Waals surface area contributed by atoms with Gasteiger partial charge in [-0.15, -0.1) is 0 Å². The van der Waals surface area contributed by atoms with Gasteiger partial charge in [-0.3, -0.25) is 0 Å². The summed E-state index contributed by atoms with van der Waals surface area (Å²) in [6.45, 7) is 1.67. The monoisotopic (exact) mass is 229 g/mol. The predicted molar refractivity (Wildman–Crippen MR) is 51.5 cm³/mol. The zero-order valence-electron chi connectivity index (χ0n) is 8.41. The van der Waals surface area contributed by atoms with E-state index in [4.69, 9.17) is 5.84 Å². The van der Waals surface area contributed by atoms with E-state index in [1.807, 2.05) is 0 Å². The maximum absolute atomic E-state index is 13.2. The Bertz CT molecular complexity index is 435. The lowest BCUT2D eigenvalue weighted by molar-refractivity contribution is -0.134. The molecule has 0 aliphatic heterocycles. The molecule has 0 bridgehead atoms. The Kier molecular flexibility index (Phi) is 3.87. The number of hydrogen-bond donors (Lipinski definition) is 1. The van der Waals surface area contributed by atoms with Gasteiger partial charge in [0.25, 0.3) is 0 Å². The van der Waals surface area contributed by atoms with Crippen molar-refractivity contribution >= 4 is 11.7 Å². The smallest absolute Gasteiger partial charge is 0.359 e. The fourth-order valence-electron chi connectivity index (χ4n) is 1.02. The van der Waals surface area contributed by atoms with E-state index in [1.54, 1.807) is 6.92 Å². The van der Waals surface area contributed by atoms with Crippen LogP contribution in [-0.4, -0.2) is 23.3 Å². The van der Waals surface area contributed by atoms with Gasteiger partial charge in [-0.25, -0.2) is 4.79 Å². The third kappa shape index (κ3) is 2.50. The zero-order valence-corrected chi connectivity index (χ0v) is 8.41. The molecule has 0 aliphatic carbocycles. The lowest BCUT2D eigenvalue weighted by Crippen LogP contribution is -2.22. The fourth-order valence-corrected chi connectivity index (χ4v) is 1.02. The second-order valence-corrected chi connectivity index (χ2v) is 2.67. The topological polar surface area (TPSA) is 77.6 Å². The number of halogens is 2. The third-order valence-corrected chi connectivity index (χ3v) is 1.67. The van der Waals surface area contributed by atoms with Crippen LogP contribution in [0.5, 0.6) is 0 Å². The second-order valence-electron chi connectivity index (χ2n) is 2.67. The quantitative estimate of drug-likeness (QED) is 0.270. The van der Waals surface area contributed by atoms with Crippen LogP contribution in [0, 0.1) is 11.9 Å². The van der Waals surface area contributed by atoms with Crippen LogP contribution in [0.4, 0.5) is 8.78 Å². The molecule has 7 heteroatoms. The fraction of sp³-hybridized carbons (Fsp3) is 0.222. The minimum atomic E-state index is -1.17. The average Bonchev–Trinajstić information content (AvgIpc) is 2.22. The number of aromatic nitrogens is 1. The Labute approximate surface area is 89.9 Å². The van der Waals surface area contributed by atoms with E-state index in [-0.39, 0.29) is 12.2 Å². The molecule has 1 rings (SSSR count). The van der Waals surface area contributed by atoms with Crippen molar-refractivity contribution in [1.29, 1.82) is 0 Å². The summed E-state index contributed by atoms with van der Waals surface area (Å²) in [4.78, 5) is 14.2. The highest BCUT2D eigenvalue weighted by atomic mass is 19.1. The summed E-state index contributed by atoms with van der Waals surface area (Å²) in [6.07, 6.45) is 0. The van der Waals surface area contributed by atoms with Crippen LogP contribution < -0.4 is 5.84 Å². The number of carbonyl (C=O) groups is 1. The number of ether oxygens (including phenoxy) is 1. The highest BCUT2D eigenvalue weighted by Crippen LogP contribution is 2.08. The highest BCUT2D eigenvalue weighted by molar-refractivity contribution is 6.43. The molecule has 1 aromatic heterocycles. The van der Waals surface area contributed by atoms with Crippen molar-refractivity contribution < 1.29 is 18.3 Å². The van der Waals surface area contributed by atoms with Crippen LogP contribution in [0.25, 0.3) is 0 Å². The van der Waals surface area contributed by atoms with Crippen molar-refractivity contribution in [3.8, 4) is 0 Å². The van der Waals surface area contributed by atoms with Gasteiger partial charge in [-0.2, -0.15) is 18.9 Å². The van der Waals surface area contributed by atoms with E-state index in [9.17, 15) is 13.6 Å². The average molecular weight is 229 g/mol. The van der Waals surface area contributed by atoms with Gasteiger partial charge in [0.1, 0.15) is 0 Å². The predicted octanol–water partition coefficient (Wildman–Crippen LogP) is 0.586. The van der Waals surface area contributed by atoms with Crippen LogP contribution in [0.15, 0.2) is 17.2 Å². The largest absolute Gasteiger partial charge is 0.461 e. The Morgan fingerprint density at radius 2 is 2.25 bits per heavy atom.